The number of nitrogens with two attached hydrogens (primary N) is 1. The number of carbonyl (C=O) groups is 1. The Labute approximate surface area is 112 Å². The summed E-state index contributed by atoms with van der Waals surface area (Å²) >= 11 is 0. The van der Waals surface area contributed by atoms with Gasteiger partial charge in [0.1, 0.15) is 17.1 Å². The molecule has 19 heavy (non-hydrogen) atoms. The minimum atomic E-state index is -0.520. The average molecular weight is 262 g/mol. The summed E-state index contributed by atoms with van der Waals surface area (Å²) in [5, 5.41) is 7.50. The van der Waals surface area contributed by atoms with Gasteiger partial charge in [-0.2, -0.15) is 0 Å². The summed E-state index contributed by atoms with van der Waals surface area (Å²) in [6, 6.07) is 1.84. The first-order valence-corrected chi connectivity index (χ1v) is 6.07. The third-order valence-corrected chi connectivity index (χ3v) is 2.77. The number of hydrogen-bond acceptors (Lipinski definition) is 4. The normalized spacial score (nSPS) is 14.2. The highest BCUT2D eigenvalue weighted by atomic mass is 16.6. The first-order valence-electron chi connectivity index (χ1n) is 6.07. The number of amides is 1. The lowest BCUT2D eigenvalue weighted by atomic mass is 10.1. The maximum atomic E-state index is 12.0. The van der Waals surface area contributed by atoms with Gasteiger partial charge < -0.3 is 10.5 Å². The van der Waals surface area contributed by atoms with Crippen LogP contribution in [0.5, 0.6) is 0 Å². The van der Waals surface area contributed by atoms with Crippen LogP contribution in [0.15, 0.2) is 12.3 Å². The number of pyridine rings is 1. The largest absolute Gasteiger partial charge is 0.444 e. The summed E-state index contributed by atoms with van der Waals surface area (Å²) in [6.45, 7) is 6.34. The average Bonchev–Trinajstić information content (AvgIpc) is 2.69. The van der Waals surface area contributed by atoms with Gasteiger partial charge in [0.2, 0.25) is 0 Å². The van der Waals surface area contributed by atoms with E-state index < -0.39 is 5.60 Å². The van der Waals surface area contributed by atoms with Gasteiger partial charge in [-0.1, -0.05) is 0 Å². The molecule has 0 aromatic carbocycles. The molecule has 2 rings (SSSR count). The molecule has 0 atom stereocenters. The van der Waals surface area contributed by atoms with Crippen LogP contribution in [0.3, 0.4) is 0 Å². The smallest absolute Gasteiger partial charge is 0.410 e. The molecule has 1 aromatic heterocycles. The molecule has 6 heteroatoms. The van der Waals surface area contributed by atoms with Crippen molar-refractivity contribution in [2.24, 2.45) is 5.73 Å². The van der Waals surface area contributed by atoms with E-state index in [1.807, 2.05) is 26.8 Å². The van der Waals surface area contributed by atoms with Crippen molar-refractivity contribution in [3.8, 4) is 0 Å². The van der Waals surface area contributed by atoms with E-state index in [4.69, 9.17) is 15.9 Å². The van der Waals surface area contributed by atoms with Crippen LogP contribution in [0.4, 0.5) is 4.79 Å². The van der Waals surface area contributed by atoms with Crippen molar-refractivity contribution >= 4 is 11.9 Å². The van der Waals surface area contributed by atoms with Crippen molar-refractivity contribution in [1.82, 2.24) is 9.88 Å². The van der Waals surface area contributed by atoms with Crippen LogP contribution >= 0.6 is 0 Å². The van der Waals surface area contributed by atoms with E-state index in [0.717, 1.165) is 11.1 Å². The topological polar surface area (TPSA) is 92.3 Å². The fourth-order valence-electron chi connectivity index (χ4n) is 2.00. The predicted molar refractivity (Wildman–Crippen MR) is 70.7 cm³/mol. The van der Waals surface area contributed by atoms with Crippen LogP contribution in [-0.4, -0.2) is 27.4 Å². The molecule has 3 N–H and O–H groups in total. The quantitative estimate of drug-likeness (QED) is 0.594. The number of nitrogens with zero attached hydrogens (tertiary/aromatic N) is 2. The summed E-state index contributed by atoms with van der Waals surface area (Å²) in [5.41, 5.74) is 7.22. The Morgan fingerprint density at radius 2 is 2.16 bits per heavy atom. The highest BCUT2D eigenvalue weighted by molar-refractivity contribution is 5.95. The zero-order chi connectivity index (χ0) is 14.2. The van der Waals surface area contributed by atoms with Crippen molar-refractivity contribution in [3.63, 3.8) is 0 Å². The highest BCUT2D eigenvalue weighted by Gasteiger charge is 2.29. The van der Waals surface area contributed by atoms with Gasteiger partial charge in [0.05, 0.1) is 6.54 Å². The molecule has 6 nitrogen and oxygen atoms in total. The number of nitrogens with one attached hydrogen (secondary N) is 1. The Morgan fingerprint density at radius 3 is 2.74 bits per heavy atom. The molecule has 0 saturated carbocycles. The zero-order valence-electron chi connectivity index (χ0n) is 11.4. The molecular weight excluding hydrogens is 244 g/mol. The van der Waals surface area contributed by atoms with E-state index in [0.29, 0.717) is 18.8 Å². The highest BCUT2D eigenvalue weighted by Crippen LogP contribution is 2.26. The molecule has 0 fully saturated rings. The maximum absolute atomic E-state index is 12.0. The number of fused-ring (bicyclic) bond motifs is 1. The SMILES string of the molecule is CC(C)(C)OC(=O)N1Cc2ccnc(C(=N)N)c2C1. The van der Waals surface area contributed by atoms with Crippen LogP contribution in [0.2, 0.25) is 0 Å². The summed E-state index contributed by atoms with van der Waals surface area (Å²) in [4.78, 5) is 17.7. The molecule has 0 saturated heterocycles. The van der Waals surface area contributed by atoms with Crippen molar-refractivity contribution in [1.29, 1.82) is 5.41 Å². The fraction of sp³-hybridized carbons (Fsp3) is 0.462. The molecular formula is C13H18N4O2. The van der Waals surface area contributed by atoms with Crippen molar-refractivity contribution in [2.75, 3.05) is 0 Å². The monoisotopic (exact) mass is 262 g/mol. The van der Waals surface area contributed by atoms with Gasteiger partial charge in [0.25, 0.3) is 0 Å². The number of carbonyl (C=O) groups excluding carboxylic acids is 1. The molecule has 1 aliphatic heterocycles. The first-order chi connectivity index (χ1) is 8.78. The molecule has 0 unspecified atom stereocenters. The Kier molecular flexibility index (Phi) is 3.18. The molecule has 2 heterocycles. The summed E-state index contributed by atoms with van der Waals surface area (Å²) < 4.78 is 5.33. The predicted octanol–water partition coefficient (Wildman–Crippen LogP) is 1.62. The first kappa shape index (κ1) is 13.3. The van der Waals surface area contributed by atoms with Gasteiger partial charge in [-0.05, 0) is 32.4 Å². The second kappa shape index (κ2) is 4.53. The Bertz CT molecular complexity index is 534. The van der Waals surface area contributed by atoms with Gasteiger partial charge >= 0.3 is 6.09 Å². The van der Waals surface area contributed by atoms with Crippen LogP contribution in [0, 0.1) is 5.41 Å². The summed E-state index contributed by atoms with van der Waals surface area (Å²) in [5.74, 6) is -0.0807. The molecule has 1 aromatic rings. The minimum absolute atomic E-state index is 0.0807. The van der Waals surface area contributed by atoms with Crippen molar-refractivity contribution in [3.05, 3.63) is 29.1 Å². The number of nitrogen functional groups attached to an aromatic ring is 1. The number of rotatable bonds is 1. The lowest BCUT2D eigenvalue weighted by Gasteiger charge is -2.24. The van der Waals surface area contributed by atoms with Crippen LogP contribution in [-0.2, 0) is 17.8 Å². The molecule has 1 amide bonds. The summed E-state index contributed by atoms with van der Waals surface area (Å²) in [6.07, 6.45) is 1.24. The van der Waals surface area contributed by atoms with Crippen molar-refractivity contribution < 1.29 is 9.53 Å². The number of amidine groups is 1. The Balaban J connectivity index is 2.19. The van der Waals surface area contributed by atoms with E-state index >= 15 is 0 Å². The van der Waals surface area contributed by atoms with Gasteiger partial charge in [0, 0.05) is 18.3 Å². The van der Waals surface area contributed by atoms with E-state index in [-0.39, 0.29) is 11.9 Å². The fourth-order valence-corrected chi connectivity index (χ4v) is 2.00. The lowest BCUT2D eigenvalue weighted by molar-refractivity contribution is 0.0242. The maximum Gasteiger partial charge on any atom is 0.410 e. The summed E-state index contributed by atoms with van der Waals surface area (Å²) in [7, 11) is 0. The number of ether oxygens (including phenoxy) is 1. The Hall–Kier alpha value is -2.11. The second-order valence-corrected chi connectivity index (χ2v) is 5.55. The zero-order valence-corrected chi connectivity index (χ0v) is 11.4. The minimum Gasteiger partial charge on any atom is -0.444 e. The Morgan fingerprint density at radius 1 is 1.47 bits per heavy atom. The molecule has 1 aliphatic rings. The van der Waals surface area contributed by atoms with Gasteiger partial charge in [-0.3, -0.25) is 15.3 Å². The van der Waals surface area contributed by atoms with E-state index in [2.05, 4.69) is 4.98 Å². The molecule has 0 spiro atoms. The van der Waals surface area contributed by atoms with E-state index in [9.17, 15) is 4.79 Å². The lowest BCUT2D eigenvalue weighted by Crippen LogP contribution is -2.33. The number of hydrogen-bond donors (Lipinski definition) is 2. The third-order valence-electron chi connectivity index (χ3n) is 2.77. The molecule has 102 valence electrons. The van der Waals surface area contributed by atoms with Crippen LogP contribution in [0.1, 0.15) is 37.6 Å². The standard InChI is InChI=1S/C13H18N4O2/c1-13(2,3)19-12(18)17-6-8-4-5-16-10(11(14)15)9(8)7-17/h4-5H,6-7H2,1-3H3,(H3,14,15). The van der Waals surface area contributed by atoms with Crippen LogP contribution in [0.25, 0.3) is 0 Å². The van der Waals surface area contributed by atoms with Gasteiger partial charge in [0.15, 0.2) is 0 Å². The molecule has 0 bridgehead atoms. The van der Waals surface area contributed by atoms with E-state index in [1.165, 1.54) is 0 Å². The van der Waals surface area contributed by atoms with Gasteiger partial charge in [-0.25, -0.2) is 4.79 Å². The van der Waals surface area contributed by atoms with Gasteiger partial charge in [-0.15, -0.1) is 0 Å². The second-order valence-electron chi connectivity index (χ2n) is 5.55. The number of aromatic nitrogens is 1. The van der Waals surface area contributed by atoms with Crippen molar-refractivity contribution in [2.45, 2.75) is 39.5 Å². The molecule has 0 aliphatic carbocycles. The van der Waals surface area contributed by atoms with E-state index in [1.54, 1.807) is 11.1 Å². The third kappa shape index (κ3) is 2.83. The van der Waals surface area contributed by atoms with Crippen LogP contribution < -0.4 is 5.73 Å². The molecule has 0 radical (unpaired) electrons.